The molecule has 2 aromatic rings. The van der Waals surface area contributed by atoms with Crippen molar-refractivity contribution in [1.82, 2.24) is 14.7 Å². The van der Waals surface area contributed by atoms with Gasteiger partial charge in [0.05, 0.1) is 11.6 Å². The van der Waals surface area contributed by atoms with Gasteiger partial charge in [0.1, 0.15) is 11.7 Å². The Kier molecular flexibility index (Phi) is 9.01. The molecule has 1 unspecified atom stereocenters. The second kappa shape index (κ2) is 12.7. The molecule has 1 amide bonds. The Bertz CT molecular complexity index is 1250. The highest BCUT2D eigenvalue weighted by atomic mass is 19.1. The molecule has 5 rings (SSSR count). The van der Waals surface area contributed by atoms with Gasteiger partial charge in [-0.3, -0.25) is 14.7 Å². The smallest absolute Gasteiger partial charge is 0.253 e. The first-order chi connectivity index (χ1) is 19.7. The molecule has 10 heteroatoms. The number of amides is 1. The van der Waals surface area contributed by atoms with Gasteiger partial charge in [-0.2, -0.15) is 4.99 Å². The maximum atomic E-state index is 13.4. The van der Waals surface area contributed by atoms with Crippen molar-refractivity contribution < 1.29 is 14.3 Å². The number of nitrogens with zero attached hydrogens (tertiary/aromatic N) is 5. The Morgan fingerprint density at radius 2 is 1.73 bits per heavy atom. The topological polar surface area (TPSA) is 110 Å². The van der Waals surface area contributed by atoms with Gasteiger partial charge in [0, 0.05) is 44.0 Å². The van der Waals surface area contributed by atoms with Crippen molar-refractivity contribution in [2.24, 2.45) is 15.7 Å². The average molecular weight is 564 g/mol. The molecule has 0 saturated carbocycles. The lowest BCUT2D eigenvalue weighted by Gasteiger charge is -2.42. The lowest BCUT2D eigenvalue weighted by molar-refractivity contribution is -0.0310. The van der Waals surface area contributed by atoms with E-state index in [4.69, 9.17) is 5.73 Å². The summed E-state index contributed by atoms with van der Waals surface area (Å²) in [6.45, 7) is 4.08. The summed E-state index contributed by atoms with van der Waals surface area (Å²) in [5, 5.41) is 14.4. The molecule has 2 saturated heterocycles. The number of hydrogen-bond acceptors (Lipinski definition) is 6. The fourth-order valence-electron chi connectivity index (χ4n) is 6.17. The van der Waals surface area contributed by atoms with Crippen LogP contribution in [0, 0.1) is 5.82 Å². The van der Waals surface area contributed by atoms with Crippen molar-refractivity contribution in [3.05, 3.63) is 65.5 Å². The molecule has 0 bridgehead atoms. The quantitative estimate of drug-likeness (QED) is 0.381. The SMILES string of the molecule is CN1CCC(N(C)C(=O)c2ccc(NC(N)=NC3=NCCCC3N3CCC(O)(c4ccc(F)cc4)CC3)cc2)CC1. The highest BCUT2D eigenvalue weighted by molar-refractivity contribution is 6.04. The van der Waals surface area contributed by atoms with E-state index < -0.39 is 5.60 Å². The summed E-state index contributed by atoms with van der Waals surface area (Å²) in [5.41, 5.74) is 7.49. The van der Waals surface area contributed by atoms with E-state index in [1.54, 1.807) is 12.1 Å². The monoisotopic (exact) mass is 563 g/mol. The fourth-order valence-corrected chi connectivity index (χ4v) is 6.17. The molecular weight excluding hydrogens is 521 g/mol. The number of nitrogens with one attached hydrogen (secondary N) is 1. The predicted octanol–water partition coefficient (Wildman–Crippen LogP) is 3.26. The molecule has 2 aromatic carbocycles. The summed E-state index contributed by atoms with van der Waals surface area (Å²) in [6, 6.07) is 13.8. The highest BCUT2D eigenvalue weighted by Crippen LogP contribution is 2.34. The van der Waals surface area contributed by atoms with E-state index in [2.05, 4.69) is 32.1 Å². The Morgan fingerprint density at radius 3 is 2.39 bits per heavy atom. The summed E-state index contributed by atoms with van der Waals surface area (Å²) in [6.07, 6.45) is 4.98. The van der Waals surface area contributed by atoms with E-state index >= 15 is 0 Å². The maximum absolute atomic E-state index is 13.4. The van der Waals surface area contributed by atoms with Crippen molar-refractivity contribution in [2.45, 2.75) is 56.2 Å². The second-order valence-corrected chi connectivity index (χ2v) is 11.6. The van der Waals surface area contributed by atoms with Crippen LogP contribution in [0.1, 0.15) is 54.4 Å². The molecule has 0 spiro atoms. The molecule has 2 fully saturated rings. The first-order valence-electron chi connectivity index (χ1n) is 14.7. The Morgan fingerprint density at radius 1 is 1.07 bits per heavy atom. The molecule has 0 radical (unpaired) electrons. The summed E-state index contributed by atoms with van der Waals surface area (Å²) < 4.78 is 13.4. The summed E-state index contributed by atoms with van der Waals surface area (Å²) in [4.78, 5) is 28.9. The average Bonchev–Trinajstić information content (AvgIpc) is 2.98. The molecule has 3 aliphatic rings. The van der Waals surface area contributed by atoms with E-state index in [1.165, 1.54) is 12.1 Å². The van der Waals surface area contributed by atoms with Gasteiger partial charge in [0.25, 0.3) is 5.91 Å². The molecule has 41 heavy (non-hydrogen) atoms. The molecule has 0 aliphatic carbocycles. The zero-order valence-corrected chi connectivity index (χ0v) is 24.1. The number of piperidine rings is 2. The van der Waals surface area contributed by atoms with E-state index in [-0.39, 0.29) is 29.8 Å². The Hall–Kier alpha value is -3.34. The molecule has 3 aliphatic heterocycles. The Balaban J connectivity index is 1.18. The van der Waals surface area contributed by atoms with Gasteiger partial charge in [0.15, 0.2) is 5.96 Å². The van der Waals surface area contributed by atoms with Gasteiger partial charge in [-0.1, -0.05) is 12.1 Å². The number of carbonyl (C=O) groups excluding carboxylic acids is 1. The van der Waals surface area contributed by atoms with E-state index in [0.717, 1.165) is 50.0 Å². The van der Waals surface area contributed by atoms with Gasteiger partial charge >= 0.3 is 0 Å². The van der Waals surface area contributed by atoms with Crippen molar-refractivity contribution in [1.29, 1.82) is 0 Å². The number of hydrogen-bond donors (Lipinski definition) is 3. The van der Waals surface area contributed by atoms with Gasteiger partial charge in [-0.05, 0) is 101 Å². The lowest BCUT2D eigenvalue weighted by Crippen LogP contribution is -2.50. The minimum absolute atomic E-state index is 0.0250. The number of benzene rings is 2. The normalized spacial score (nSPS) is 22.7. The molecule has 9 nitrogen and oxygen atoms in total. The van der Waals surface area contributed by atoms with E-state index in [9.17, 15) is 14.3 Å². The third-order valence-corrected chi connectivity index (χ3v) is 8.85. The molecule has 4 N–H and O–H groups in total. The minimum Gasteiger partial charge on any atom is -0.385 e. The van der Waals surface area contributed by atoms with Crippen molar-refractivity contribution >= 4 is 23.4 Å². The van der Waals surface area contributed by atoms with Crippen molar-refractivity contribution in [2.75, 3.05) is 52.1 Å². The number of rotatable bonds is 5. The number of guanidine groups is 1. The number of aliphatic hydroxyl groups is 1. The fraction of sp³-hybridized carbons (Fsp3) is 0.516. The van der Waals surface area contributed by atoms with Crippen LogP contribution in [0.5, 0.6) is 0 Å². The standard InChI is InChI=1S/C31H42FN7O2/c1-37-18-13-26(14-19-37)38(2)29(40)22-5-11-25(12-6-22)35-30(33)36-28-27(4-3-17-34-28)39-20-15-31(41,16-21-39)23-7-9-24(32)10-8-23/h5-12,26-27,41H,3-4,13-21H2,1-2H3,(H3,33,34,35,36). The van der Waals surface area contributed by atoms with Gasteiger partial charge in [0.2, 0.25) is 0 Å². The maximum Gasteiger partial charge on any atom is 0.253 e. The van der Waals surface area contributed by atoms with Crippen molar-refractivity contribution in [3.63, 3.8) is 0 Å². The lowest BCUT2D eigenvalue weighted by atomic mass is 9.83. The van der Waals surface area contributed by atoms with Crippen molar-refractivity contribution in [3.8, 4) is 0 Å². The molecule has 1 atom stereocenters. The van der Waals surface area contributed by atoms with Crippen LogP contribution in [-0.2, 0) is 5.60 Å². The van der Waals surface area contributed by atoms with Crippen LogP contribution in [0.25, 0.3) is 0 Å². The highest BCUT2D eigenvalue weighted by Gasteiger charge is 2.37. The number of anilines is 1. The first kappa shape index (κ1) is 29.2. The molecular formula is C31H42FN7O2. The van der Waals surface area contributed by atoms with Gasteiger partial charge in [-0.15, -0.1) is 0 Å². The van der Waals surface area contributed by atoms with Crippen LogP contribution in [0.15, 0.2) is 58.5 Å². The second-order valence-electron chi connectivity index (χ2n) is 11.6. The Labute approximate surface area is 241 Å². The van der Waals surface area contributed by atoms with Crippen LogP contribution in [-0.4, -0.2) is 96.4 Å². The molecule has 0 aromatic heterocycles. The summed E-state index contributed by atoms with van der Waals surface area (Å²) in [7, 11) is 4.01. The van der Waals surface area contributed by atoms with E-state index in [0.29, 0.717) is 43.9 Å². The summed E-state index contributed by atoms with van der Waals surface area (Å²) >= 11 is 0. The van der Waals surface area contributed by atoms with Gasteiger partial charge in [-0.25, -0.2) is 4.39 Å². The zero-order chi connectivity index (χ0) is 29.0. The van der Waals surface area contributed by atoms with Gasteiger partial charge < -0.3 is 26.0 Å². The summed E-state index contributed by atoms with van der Waals surface area (Å²) in [5.74, 6) is 0.667. The first-order valence-corrected chi connectivity index (χ1v) is 14.7. The van der Waals surface area contributed by atoms with Crippen LogP contribution < -0.4 is 11.1 Å². The third kappa shape index (κ3) is 6.94. The number of amidine groups is 1. The number of aliphatic imine (C=N–C) groups is 2. The van der Waals surface area contributed by atoms with E-state index in [1.807, 2.05) is 36.2 Å². The molecule has 220 valence electrons. The largest absolute Gasteiger partial charge is 0.385 e. The van der Waals surface area contributed by atoms with Crippen LogP contribution in [0.3, 0.4) is 0 Å². The third-order valence-electron chi connectivity index (χ3n) is 8.85. The van der Waals surface area contributed by atoms with Crippen LogP contribution in [0.4, 0.5) is 10.1 Å². The number of halogens is 1. The minimum atomic E-state index is -0.963. The van der Waals surface area contributed by atoms with Crippen LogP contribution in [0.2, 0.25) is 0 Å². The number of carbonyl (C=O) groups is 1. The number of nitrogens with two attached hydrogens (primary N) is 1. The van der Waals surface area contributed by atoms with Crippen LogP contribution >= 0.6 is 0 Å². The zero-order valence-electron chi connectivity index (χ0n) is 24.1. The predicted molar refractivity (Wildman–Crippen MR) is 161 cm³/mol. The number of likely N-dealkylation sites (tertiary alicyclic amines) is 2. The molecule has 3 heterocycles.